The Morgan fingerprint density at radius 2 is 2.00 bits per heavy atom. The Hall–Kier alpha value is -0.730. The van der Waals surface area contributed by atoms with Crippen LogP contribution >= 0.6 is 11.6 Å². The van der Waals surface area contributed by atoms with E-state index >= 15 is 0 Å². The number of hydrogen-bond acceptors (Lipinski definition) is 2. The topological polar surface area (TPSA) is 35.2 Å². The van der Waals surface area contributed by atoms with E-state index in [-0.39, 0.29) is 0 Å². The fraction of sp³-hybridized carbons (Fsp3) is 0.500. The Morgan fingerprint density at radius 3 is 2.53 bits per heavy atom. The van der Waals surface area contributed by atoms with E-state index in [1.807, 2.05) is 19.1 Å². The summed E-state index contributed by atoms with van der Waals surface area (Å²) >= 11 is 6.14. The second-order valence-corrected chi connectivity index (χ2v) is 3.78. The molecule has 1 aromatic carbocycles. The SMILES string of the molecule is CCOc1cc(CC)c(Cl)cc1CCN. The summed E-state index contributed by atoms with van der Waals surface area (Å²) in [5.74, 6) is 0.921. The van der Waals surface area contributed by atoms with Crippen molar-refractivity contribution in [2.75, 3.05) is 13.2 Å². The molecule has 0 aliphatic carbocycles. The zero-order valence-corrected chi connectivity index (χ0v) is 10.1. The third kappa shape index (κ3) is 3.11. The van der Waals surface area contributed by atoms with E-state index in [2.05, 4.69) is 6.92 Å². The molecule has 84 valence electrons. The van der Waals surface area contributed by atoms with Crippen LogP contribution in [0.4, 0.5) is 0 Å². The van der Waals surface area contributed by atoms with Gasteiger partial charge in [0.15, 0.2) is 0 Å². The number of hydrogen-bond donors (Lipinski definition) is 1. The van der Waals surface area contributed by atoms with Gasteiger partial charge in [0, 0.05) is 5.02 Å². The average Bonchev–Trinajstić information content (AvgIpc) is 2.22. The first-order chi connectivity index (χ1) is 7.22. The average molecular weight is 228 g/mol. The third-order valence-electron chi connectivity index (χ3n) is 2.32. The lowest BCUT2D eigenvalue weighted by molar-refractivity contribution is 0.336. The lowest BCUT2D eigenvalue weighted by Crippen LogP contribution is -2.06. The Labute approximate surface area is 96.4 Å². The van der Waals surface area contributed by atoms with Gasteiger partial charge in [-0.2, -0.15) is 0 Å². The molecule has 0 spiro atoms. The van der Waals surface area contributed by atoms with E-state index in [4.69, 9.17) is 22.1 Å². The smallest absolute Gasteiger partial charge is 0.122 e. The second-order valence-electron chi connectivity index (χ2n) is 3.38. The highest BCUT2D eigenvalue weighted by atomic mass is 35.5. The summed E-state index contributed by atoms with van der Waals surface area (Å²) in [5, 5.41) is 0.810. The maximum Gasteiger partial charge on any atom is 0.122 e. The fourth-order valence-corrected chi connectivity index (χ4v) is 1.87. The minimum absolute atomic E-state index is 0.613. The van der Waals surface area contributed by atoms with Crippen molar-refractivity contribution in [3.63, 3.8) is 0 Å². The lowest BCUT2D eigenvalue weighted by Gasteiger charge is -2.12. The molecule has 0 bridgehead atoms. The van der Waals surface area contributed by atoms with Crippen LogP contribution in [0.15, 0.2) is 12.1 Å². The first kappa shape index (κ1) is 12.3. The minimum atomic E-state index is 0.613. The normalized spacial score (nSPS) is 10.4. The van der Waals surface area contributed by atoms with Gasteiger partial charge >= 0.3 is 0 Å². The van der Waals surface area contributed by atoms with Crippen molar-refractivity contribution in [1.82, 2.24) is 0 Å². The van der Waals surface area contributed by atoms with Crippen molar-refractivity contribution in [3.05, 3.63) is 28.3 Å². The molecule has 0 heterocycles. The molecule has 0 saturated heterocycles. The molecular weight excluding hydrogens is 210 g/mol. The Bertz CT molecular complexity index is 326. The summed E-state index contributed by atoms with van der Waals surface area (Å²) < 4.78 is 5.57. The van der Waals surface area contributed by atoms with E-state index in [9.17, 15) is 0 Å². The number of nitrogens with two attached hydrogens (primary N) is 1. The van der Waals surface area contributed by atoms with Crippen LogP contribution in [0.1, 0.15) is 25.0 Å². The van der Waals surface area contributed by atoms with Crippen molar-refractivity contribution in [1.29, 1.82) is 0 Å². The molecule has 0 fully saturated rings. The fourth-order valence-electron chi connectivity index (χ4n) is 1.55. The molecule has 0 unspecified atom stereocenters. The predicted molar refractivity (Wildman–Crippen MR) is 64.8 cm³/mol. The number of rotatable bonds is 5. The van der Waals surface area contributed by atoms with Crippen molar-refractivity contribution < 1.29 is 4.74 Å². The van der Waals surface area contributed by atoms with Crippen LogP contribution in [-0.4, -0.2) is 13.2 Å². The summed E-state index contributed by atoms with van der Waals surface area (Å²) in [7, 11) is 0. The molecule has 15 heavy (non-hydrogen) atoms. The van der Waals surface area contributed by atoms with Crippen LogP contribution in [0, 0.1) is 0 Å². The maximum absolute atomic E-state index is 6.14. The first-order valence-corrected chi connectivity index (χ1v) is 5.74. The predicted octanol–water partition coefficient (Wildman–Crippen LogP) is 2.80. The molecule has 2 nitrogen and oxygen atoms in total. The van der Waals surface area contributed by atoms with Gasteiger partial charge in [-0.25, -0.2) is 0 Å². The summed E-state index contributed by atoms with van der Waals surface area (Å²) in [6.07, 6.45) is 1.72. The quantitative estimate of drug-likeness (QED) is 0.840. The van der Waals surface area contributed by atoms with Crippen molar-refractivity contribution >= 4 is 11.6 Å². The van der Waals surface area contributed by atoms with E-state index in [1.54, 1.807) is 0 Å². The van der Waals surface area contributed by atoms with Crippen LogP contribution in [0.2, 0.25) is 5.02 Å². The van der Waals surface area contributed by atoms with Crippen LogP contribution in [-0.2, 0) is 12.8 Å². The zero-order chi connectivity index (χ0) is 11.3. The molecule has 0 aromatic heterocycles. The second kappa shape index (κ2) is 5.99. The molecule has 1 aromatic rings. The van der Waals surface area contributed by atoms with E-state index in [1.165, 1.54) is 0 Å². The van der Waals surface area contributed by atoms with E-state index < -0.39 is 0 Å². The molecule has 2 N–H and O–H groups in total. The van der Waals surface area contributed by atoms with E-state index in [0.717, 1.165) is 34.7 Å². The van der Waals surface area contributed by atoms with Crippen molar-refractivity contribution in [2.24, 2.45) is 5.73 Å². The van der Waals surface area contributed by atoms with Crippen LogP contribution in [0.3, 0.4) is 0 Å². The summed E-state index contributed by atoms with van der Waals surface area (Å²) in [6, 6.07) is 4.00. The zero-order valence-electron chi connectivity index (χ0n) is 9.35. The highest BCUT2D eigenvalue weighted by molar-refractivity contribution is 6.31. The largest absolute Gasteiger partial charge is 0.494 e. The van der Waals surface area contributed by atoms with Crippen molar-refractivity contribution in [2.45, 2.75) is 26.7 Å². The molecule has 0 amide bonds. The first-order valence-electron chi connectivity index (χ1n) is 5.37. The molecule has 3 heteroatoms. The molecule has 0 atom stereocenters. The molecule has 0 radical (unpaired) electrons. The Balaban J connectivity index is 3.07. The summed E-state index contributed by atoms with van der Waals surface area (Å²) in [4.78, 5) is 0. The number of ether oxygens (including phenoxy) is 1. The lowest BCUT2D eigenvalue weighted by atomic mass is 10.1. The molecule has 1 rings (SSSR count). The van der Waals surface area contributed by atoms with Gasteiger partial charge in [0.2, 0.25) is 0 Å². The van der Waals surface area contributed by atoms with Gasteiger partial charge < -0.3 is 10.5 Å². The van der Waals surface area contributed by atoms with Gasteiger partial charge in [-0.1, -0.05) is 18.5 Å². The van der Waals surface area contributed by atoms with Gasteiger partial charge in [0.25, 0.3) is 0 Å². The van der Waals surface area contributed by atoms with Gasteiger partial charge in [-0.05, 0) is 49.6 Å². The Kier molecular flexibility index (Phi) is 4.92. The van der Waals surface area contributed by atoms with Gasteiger partial charge in [-0.15, -0.1) is 0 Å². The number of aryl methyl sites for hydroxylation is 1. The van der Waals surface area contributed by atoms with Crippen molar-refractivity contribution in [3.8, 4) is 5.75 Å². The molecule has 0 aliphatic rings. The molecule has 0 saturated carbocycles. The third-order valence-corrected chi connectivity index (χ3v) is 2.68. The highest BCUT2D eigenvalue weighted by Gasteiger charge is 2.07. The summed E-state index contributed by atoms with van der Waals surface area (Å²) in [6.45, 7) is 5.34. The van der Waals surface area contributed by atoms with Crippen LogP contribution in [0.25, 0.3) is 0 Å². The standard InChI is InChI=1S/C12H18ClNO/c1-3-9-8-12(15-4-2)10(5-6-14)7-11(9)13/h7-8H,3-6,14H2,1-2H3. The monoisotopic (exact) mass is 227 g/mol. The highest BCUT2D eigenvalue weighted by Crippen LogP contribution is 2.27. The van der Waals surface area contributed by atoms with Gasteiger partial charge in [0.05, 0.1) is 6.61 Å². The molecular formula is C12H18ClNO. The van der Waals surface area contributed by atoms with Gasteiger partial charge in [-0.3, -0.25) is 0 Å². The molecule has 0 aliphatic heterocycles. The van der Waals surface area contributed by atoms with Crippen LogP contribution < -0.4 is 10.5 Å². The van der Waals surface area contributed by atoms with Gasteiger partial charge in [0.1, 0.15) is 5.75 Å². The number of benzene rings is 1. The number of halogens is 1. The Morgan fingerprint density at radius 1 is 1.27 bits per heavy atom. The van der Waals surface area contributed by atoms with Crippen LogP contribution in [0.5, 0.6) is 5.75 Å². The van der Waals surface area contributed by atoms with E-state index in [0.29, 0.717) is 13.2 Å². The minimum Gasteiger partial charge on any atom is -0.494 e. The summed E-state index contributed by atoms with van der Waals surface area (Å²) in [5.41, 5.74) is 7.77. The maximum atomic E-state index is 6.14.